The van der Waals surface area contributed by atoms with Gasteiger partial charge < -0.3 is 15.2 Å². The van der Waals surface area contributed by atoms with Gasteiger partial charge in [0.2, 0.25) is 0 Å². The second kappa shape index (κ2) is 6.19. The monoisotopic (exact) mass is 215 g/mol. The third-order valence-corrected chi connectivity index (χ3v) is 2.13. The zero-order valence-corrected chi connectivity index (χ0v) is 9.12. The highest BCUT2D eigenvalue weighted by atomic mass is 16.5. The molecule has 15 heavy (non-hydrogen) atoms. The Morgan fingerprint density at radius 3 is 2.40 bits per heavy atom. The summed E-state index contributed by atoms with van der Waals surface area (Å²) in [6.07, 6.45) is 2.30. The maximum absolute atomic E-state index is 11.3. The molecule has 0 fully saturated rings. The largest absolute Gasteiger partial charge is 0.469 e. The number of nitrogens with two attached hydrogens (primary N) is 1. The van der Waals surface area contributed by atoms with E-state index < -0.39 is 11.5 Å². The van der Waals surface area contributed by atoms with E-state index in [2.05, 4.69) is 16.1 Å². The molecule has 0 aromatic carbocycles. The molecule has 86 valence electrons. The van der Waals surface area contributed by atoms with E-state index in [4.69, 9.17) is 5.73 Å². The summed E-state index contributed by atoms with van der Waals surface area (Å²) < 4.78 is 9.00. The summed E-state index contributed by atoms with van der Waals surface area (Å²) in [5.74, 6) is -0.881. The summed E-state index contributed by atoms with van der Waals surface area (Å²) in [6.45, 7) is 3.48. The van der Waals surface area contributed by atoms with Crippen LogP contribution in [-0.4, -0.2) is 31.7 Å². The van der Waals surface area contributed by atoms with Crippen LogP contribution in [0, 0.1) is 0 Å². The van der Waals surface area contributed by atoms with Gasteiger partial charge in [-0.1, -0.05) is 6.08 Å². The van der Waals surface area contributed by atoms with Crippen molar-refractivity contribution in [2.45, 2.75) is 24.8 Å². The molecule has 0 amide bonds. The molecule has 0 aliphatic carbocycles. The van der Waals surface area contributed by atoms with E-state index >= 15 is 0 Å². The van der Waals surface area contributed by atoms with Gasteiger partial charge in [-0.3, -0.25) is 4.79 Å². The molecule has 5 nitrogen and oxygen atoms in total. The first-order chi connectivity index (χ1) is 7.00. The normalized spacial score (nSPS) is 13.8. The Hall–Kier alpha value is -1.36. The zero-order chi connectivity index (χ0) is 11.9. The van der Waals surface area contributed by atoms with E-state index in [9.17, 15) is 9.59 Å². The van der Waals surface area contributed by atoms with Crippen LogP contribution in [0.25, 0.3) is 0 Å². The fourth-order valence-corrected chi connectivity index (χ4v) is 1.10. The Morgan fingerprint density at radius 2 is 2.00 bits per heavy atom. The molecule has 0 aromatic rings. The fraction of sp³-hybridized carbons (Fsp3) is 0.600. The standard InChI is InChI=1S/C10H17NO4/c1-4-10(11,9(13)15-3)7-5-6-8(12)14-2/h4H,1,5-7,11H2,2-3H3. The highest BCUT2D eigenvalue weighted by Gasteiger charge is 2.31. The number of carbonyl (C=O) groups is 2. The molecule has 0 bridgehead atoms. The first kappa shape index (κ1) is 13.6. The first-order valence-corrected chi connectivity index (χ1v) is 4.58. The van der Waals surface area contributed by atoms with E-state index in [1.807, 2.05) is 0 Å². The number of methoxy groups -OCH3 is 2. The van der Waals surface area contributed by atoms with Crippen LogP contribution in [-0.2, 0) is 19.1 Å². The molecular weight excluding hydrogens is 198 g/mol. The van der Waals surface area contributed by atoms with Crippen molar-refractivity contribution in [3.63, 3.8) is 0 Å². The molecule has 0 aromatic heterocycles. The molecule has 0 rings (SSSR count). The van der Waals surface area contributed by atoms with Crippen molar-refractivity contribution in [3.05, 3.63) is 12.7 Å². The lowest BCUT2D eigenvalue weighted by Gasteiger charge is -2.21. The van der Waals surface area contributed by atoms with Gasteiger partial charge >= 0.3 is 11.9 Å². The molecule has 0 spiro atoms. The zero-order valence-electron chi connectivity index (χ0n) is 9.12. The summed E-state index contributed by atoms with van der Waals surface area (Å²) in [4.78, 5) is 22.1. The Bertz CT molecular complexity index is 252. The van der Waals surface area contributed by atoms with Crippen molar-refractivity contribution >= 4 is 11.9 Å². The average Bonchev–Trinajstić information content (AvgIpc) is 2.27. The Morgan fingerprint density at radius 1 is 1.40 bits per heavy atom. The van der Waals surface area contributed by atoms with Crippen molar-refractivity contribution in [2.75, 3.05) is 14.2 Å². The summed E-state index contributed by atoms with van der Waals surface area (Å²) in [5.41, 5.74) is 4.51. The molecular formula is C10H17NO4. The summed E-state index contributed by atoms with van der Waals surface area (Å²) in [5, 5.41) is 0. The van der Waals surface area contributed by atoms with Gasteiger partial charge in [-0.25, -0.2) is 4.79 Å². The number of rotatable bonds is 6. The maximum Gasteiger partial charge on any atom is 0.329 e. The van der Waals surface area contributed by atoms with Crippen molar-refractivity contribution in [1.82, 2.24) is 0 Å². The summed E-state index contributed by atoms with van der Waals surface area (Å²) >= 11 is 0. The second-order valence-electron chi connectivity index (χ2n) is 3.17. The fourth-order valence-electron chi connectivity index (χ4n) is 1.10. The van der Waals surface area contributed by atoms with Crippen LogP contribution in [0.15, 0.2) is 12.7 Å². The molecule has 2 N–H and O–H groups in total. The smallest absolute Gasteiger partial charge is 0.329 e. The highest BCUT2D eigenvalue weighted by Crippen LogP contribution is 2.14. The van der Waals surface area contributed by atoms with E-state index in [0.717, 1.165) is 0 Å². The van der Waals surface area contributed by atoms with Crippen LogP contribution in [0.1, 0.15) is 19.3 Å². The highest BCUT2D eigenvalue weighted by molar-refractivity contribution is 5.82. The van der Waals surface area contributed by atoms with Gasteiger partial charge in [-0.05, 0) is 12.8 Å². The van der Waals surface area contributed by atoms with Crippen LogP contribution >= 0.6 is 0 Å². The van der Waals surface area contributed by atoms with Crippen LogP contribution in [0.4, 0.5) is 0 Å². The molecule has 0 radical (unpaired) electrons. The molecule has 5 heteroatoms. The van der Waals surface area contributed by atoms with E-state index in [0.29, 0.717) is 12.8 Å². The molecule has 1 atom stereocenters. The number of hydrogen-bond donors (Lipinski definition) is 1. The molecule has 0 heterocycles. The Balaban J connectivity index is 4.16. The average molecular weight is 215 g/mol. The quantitative estimate of drug-likeness (QED) is 0.512. The van der Waals surface area contributed by atoms with Gasteiger partial charge in [-0.15, -0.1) is 6.58 Å². The van der Waals surface area contributed by atoms with Crippen molar-refractivity contribution in [3.8, 4) is 0 Å². The third-order valence-electron chi connectivity index (χ3n) is 2.13. The topological polar surface area (TPSA) is 78.6 Å². The van der Waals surface area contributed by atoms with Crippen LogP contribution in [0.2, 0.25) is 0 Å². The third kappa shape index (κ3) is 4.12. The summed E-state index contributed by atoms with van der Waals surface area (Å²) in [7, 11) is 2.57. The van der Waals surface area contributed by atoms with Crippen molar-refractivity contribution < 1.29 is 19.1 Å². The lowest BCUT2D eigenvalue weighted by molar-refractivity contribution is -0.146. The number of ether oxygens (including phenoxy) is 2. The van der Waals surface area contributed by atoms with Crippen LogP contribution in [0.3, 0.4) is 0 Å². The van der Waals surface area contributed by atoms with Crippen LogP contribution in [0.5, 0.6) is 0 Å². The minimum Gasteiger partial charge on any atom is -0.469 e. The predicted molar refractivity (Wildman–Crippen MR) is 55.0 cm³/mol. The minimum atomic E-state index is -1.22. The second-order valence-corrected chi connectivity index (χ2v) is 3.17. The van der Waals surface area contributed by atoms with Gasteiger partial charge in [0, 0.05) is 6.42 Å². The Kier molecular flexibility index (Phi) is 5.62. The molecule has 1 unspecified atom stereocenters. The van der Waals surface area contributed by atoms with Gasteiger partial charge in [0.1, 0.15) is 5.54 Å². The molecule has 0 aliphatic heterocycles. The van der Waals surface area contributed by atoms with E-state index in [1.165, 1.54) is 20.3 Å². The maximum atomic E-state index is 11.3. The van der Waals surface area contributed by atoms with Crippen LogP contribution < -0.4 is 5.73 Å². The SMILES string of the molecule is C=CC(N)(CCCC(=O)OC)C(=O)OC. The van der Waals surface area contributed by atoms with Gasteiger partial charge in [0.15, 0.2) is 0 Å². The van der Waals surface area contributed by atoms with Crippen molar-refractivity contribution in [2.24, 2.45) is 5.73 Å². The molecule has 0 aliphatic rings. The Labute approximate surface area is 89.2 Å². The predicted octanol–water partition coefficient (Wildman–Crippen LogP) is 0.386. The van der Waals surface area contributed by atoms with Gasteiger partial charge in [-0.2, -0.15) is 0 Å². The van der Waals surface area contributed by atoms with Gasteiger partial charge in [0.25, 0.3) is 0 Å². The lowest BCUT2D eigenvalue weighted by Crippen LogP contribution is -2.46. The molecule has 0 saturated carbocycles. The first-order valence-electron chi connectivity index (χ1n) is 4.58. The van der Waals surface area contributed by atoms with E-state index in [-0.39, 0.29) is 12.4 Å². The minimum absolute atomic E-state index is 0.223. The number of carbonyl (C=O) groups excluding carboxylic acids is 2. The number of hydrogen-bond acceptors (Lipinski definition) is 5. The lowest BCUT2D eigenvalue weighted by atomic mass is 9.94. The van der Waals surface area contributed by atoms with Gasteiger partial charge in [0.05, 0.1) is 14.2 Å². The van der Waals surface area contributed by atoms with Crippen molar-refractivity contribution in [1.29, 1.82) is 0 Å². The number of esters is 2. The van der Waals surface area contributed by atoms with E-state index in [1.54, 1.807) is 0 Å². The summed E-state index contributed by atoms with van der Waals surface area (Å²) in [6, 6.07) is 0. The molecule has 0 saturated heterocycles.